The Labute approximate surface area is 111 Å². The summed E-state index contributed by atoms with van der Waals surface area (Å²) in [6, 6.07) is 0. The highest BCUT2D eigenvalue weighted by Gasteiger charge is 2.41. The van der Waals surface area contributed by atoms with Crippen LogP contribution < -0.4 is 5.14 Å². The normalized spacial score (nSPS) is 28.6. The molecule has 19 heavy (non-hydrogen) atoms. The van der Waals surface area contributed by atoms with Crippen LogP contribution in [0, 0.1) is 5.92 Å². The predicted octanol–water partition coefficient (Wildman–Crippen LogP) is 0.701. The summed E-state index contributed by atoms with van der Waals surface area (Å²) in [7, 11) is -3.63. The summed E-state index contributed by atoms with van der Waals surface area (Å²) < 4.78 is 48.4. The molecule has 1 heterocycles. The average molecular weight is 296 g/mol. The predicted molar refractivity (Wildman–Crippen MR) is 65.0 cm³/mol. The Kier molecular flexibility index (Phi) is 3.83. The zero-order valence-corrected chi connectivity index (χ0v) is 11.3. The van der Waals surface area contributed by atoms with E-state index in [-0.39, 0.29) is 38.1 Å². The molecule has 110 valence electrons. The Morgan fingerprint density at radius 3 is 2.26 bits per heavy atom. The largest absolute Gasteiger partial charge is 0.341 e. The van der Waals surface area contributed by atoms with Crippen LogP contribution in [-0.2, 0) is 14.8 Å². The van der Waals surface area contributed by atoms with Gasteiger partial charge >= 0.3 is 0 Å². The lowest BCUT2D eigenvalue weighted by atomic mass is 9.86. The number of hydrogen-bond acceptors (Lipinski definition) is 3. The molecule has 8 heteroatoms. The van der Waals surface area contributed by atoms with Gasteiger partial charge in [0.05, 0.1) is 5.25 Å². The van der Waals surface area contributed by atoms with E-state index < -0.39 is 27.1 Å². The van der Waals surface area contributed by atoms with Gasteiger partial charge in [0.15, 0.2) is 0 Å². The van der Waals surface area contributed by atoms with Gasteiger partial charge in [0.2, 0.25) is 21.9 Å². The highest BCUT2D eigenvalue weighted by atomic mass is 32.2. The second-order valence-electron chi connectivity index (χ2n) is 5.41. The minimum absolute atomic E-state index is 0.0879. The molecule has 2 fully saturated rings. The van der Waals surface area contributed by atoms with Gasteiger partial charge < -0.3 is 4.90 Å². The fourth-order valence-corrected chi connectivity index (χ4v) is 3.56. The quantitative estimate of drug-likeness (QED) is 0.814. The molecular formula is C11H18F2N2O3S. The number of sulfonamides is 1. The highest BCUT2D eigenvalue weighted by Crippen LogP contribution is 2.37. The number of halogens is 2. The minimum Gasteiger partial charge on any atom is -0.341 e. The molecule has 5 nitrogen and oxygen atoms in total. The van der Waals surface area contributed by atoms with Crippen molar-refractivity contribution in [2.24, 2.45) is 11.1 Å². The van der Waals surface area contributed by atoms with Crippen LogP contribution in [0.4, 0.5) is 8.78 Å². The number of nitrogens with zero attached hydrogens (tertiary/aromatic N) is 1. The third-order valence-electron chi connectivity index (χ3n) is 3.99. The maximum atomic E-state index is 13.0. The van der Waals surface area contributed by atoms with Gasteiger partial charge in [-0.3, -0.25) is 4.79 Å². The molecule has 1 unspecified atom stereocenters. The van der Waals surface area contributed by atoms with Crippen LogP contribution in [0.3, 0.4) is 0 Å². The average Bonchev–Trinajstić information content (AvgIpc) is 2.77. The van der Waals surface area contributed by atoms with Gasteiger partial charge in [-0.15, -0.1) is 0 Å². The number of amides is 1. The SMILES string of the molecule is NS(=O)(=O)C1CCN(C(=O)C2CCC(F)(F)CC2)C1. The molecule has 1 aliphatic heterocycles. The minimum atomic E-state index is -3.63. The number of alkyl halides is 2. The lowest BCUT2D eigenvalue weighted by molar-refractivity contribution is -0.138. The van der Waals surface area contributed by atoms with E-state index in [1.165, 1.54) is 4.90 Å². The maximum Gasteiger partial charge on any atom is 0.248 e. The van der Waals surface area contributed by atoms with Crippen LogP contribution in [0.1, 0.15) is 32.1 Å². The van der Waals surface area contributed by atoms with Gasteiger partial charge in [-0.25, -0.2) is 22.3 Å². The Morgan fingerprint density at radius 2 is 1.79 bits per heavy atom. The summed E-state index contributed by atoms with van der Waals surface area (Å²) in [5.74, 6) is -3.27. The zero-order chi connectivity index (χ0) is 14.3. The zero-order valence-electron chi connectivity index (χ0n) is 10.5. The lowest BCUT2D eigenvalue weighted by Gasteiger charge is -2.30. The van der Waals surface area contributed by atoms with Crippen molar-refractivity contribution in [2.45, 2.75) is 43.3 Å². The van der Waals surface area contributed by atoms with E-state index in [1.807, 2.05) is 0 Å². The van der Waals surface area contributed by atoms with Crippen molar-refractivity contribution in [3.05, 3.63) is 0 Å². The fourth-order valence-electron chi connectivity index (χ4n) is 2.74. The standard InChI is InChI=1S/C11H18F2N2O3S/c12-11(13)4-1-8(2-5-11)10(16)15-6-3-9(7-15)19(14,17)18/h8-9H,1-7H2,(H2,14,17,18). The summed E-state index contributed by atoms with van der Waals surface area (Å²) in [6.07, 6.45) is 0.129. The fraction of sp³-hybridized carbons (Fsp3) is 0.909. The second kappa shape index (κ2) is 4.97. The molecule has 0 bridgehead atoms. The molecule has 2 rings (SSSR count). The lowest BCUT2D eigenvalue weighted by Crippen LogP contribution is -2.40. The third kappa shape index (κ3) is 3.42. The Morgan fingerprint density at radius 1 is 1.21 bits per heavy atom. The summed E-state index contributed by atoms with van der Waals surface area (Å²) in [6.45, 7) is 0.428. The third-order valence-corrected chi connectivity index (χ3v) is 5.30. The molecule has 0 aromatic carbocycles. The number of carbonyl (C=O) groups excluding carboxylic acids is 1. The summed E-state index contributed by atoms with van der Waals surface area (Å²) in [5.41, 5.74) is 0. The molecular weight excluding hydrogens is 278 g/mol. The van der Waals surface area contributed by atoms with Crippen LogP contribution >= 0.6 is 0 Å². The number of likely N-dealkylation sites (tertiary alicyclic amines) is 1. The van der Waals surface area contributed by atoms with Crippen molar-refractivity contribution in [1.29, 1.82) is 0 Å². The van der Waals surface area contributed by atoms with Gasteiger partial charge in [0.25, 0.3) is 0 Å². The summed E-state index contributed by atoms with van der Waals surface area (Å²) in [5, 5.41) is 4.33. The van der Waals surface area contributed by atoms with E-state index in [9.17, 15) is 22.0 Å². The number of nitrogens with two attached hydrogens (primary N) is 1. The van der Waals surface area contributed by atoms with Crippen LogP contribution in [-0.4, -0.2) is 43.5 Å². The van der Waals surface area contributed by atoms with Crippen molar-refractivity contribution >= 4 is 15.9 Å². The first-order valence-electron chi connectivity index (χ1n) is 6.37. The Hall–Kier alpha value is -0.760. The maximum absolute atomic E-state index is 13.0. The topological polar surface area (TPSA) is 80.5 Å². The number of hydrogen-bond donors (Lipinski definition) is 1. The van der Waals surface area contributed by atoms with Crippen LogP contribution in [0.2, 0.25) is 0 Å². The van der Waals surface area contributed by atoms with Crippen molar-refractivity contribution in [2.75, 3.05) is 13.1 Å². The van der Waals surface area contributed by atoms with Crippen LogP contribution in [0.25, 0.3) is 0 Å². The van der Waals surface area contributed by atoms with Gasteiger partial charge in [-0.05, 0) is 19.3 Å². The molecule has 2 N–H and O–H groups in total. The molecule has 0 aromatic heterocycles. The molecule has 1 saturated heterocycles. The second-order valence-corrected chi connectivity index (χ2v) is 7.26. The summed E-state index contributed by atoms with van der Waals surface area (Å²) in [4.78, 5) is 13.6. The van der Waals surface area contributed by atoms with E-state index in [1.54, 1.807) is 0 Å². The van der Waals surface area contributed by atoms with E-state index >= 15 is 0 Å². The first-order chi connectivity index (χ1) is 8.69. The van der Waals surface area contributed by atoms with Crippen LogP contribution in [0.5, 0.6) is 0 Å². The molecule has 1 aliphatic carbocycles. The summed E-state index contributed by atoms with van der Waals surface area (Å²) >= 11 is 0. The van der Waals surface area contributed by atoms with Crippen LogP contribution in [0.15, 0.2) is 0 Å². The van der Waals surface area contributed by atoms with Gasteiger partial charge in [0.1, 0.15) is 0 Å². The van der Waals surface area contributed by atoms with Crippen molar-refractivity contribution in [1.82, 2.24) is 4.90 Å². The molecule has 0 spiro atoms. The molecule has 0 aromatic rings. The van der Waals surface area contributed by atoms with Gasteiger partial charge in [-0.1, -0.05) is 0 Å². The van der Waals surface area contributed by atoms with Gasteiger partial charge in [-0.2, -0.15) is 0 Å². The molecule has 1 amide bonds. The first-order valence-corrected chi connectivity index (χ1v) is 7.98. The Balaban J connectivity index is 1.92. The Bertz CT molecular complexity index is 457. The highest BCUT2D eigenvalue weighted by molar-refractivity contribution is 7.89. The molecule has 2 aliphatic rings. The number of primary sulfonamides is 1. The molecule has 0 radical (unpaired) electrons. The van der Waals surface area contributed by atoms with E-state index in [4.69, 9.17) is 5.14 Å². The van der Waals surface area contributed by atoms with Crippen molar-refractivity contribution < 1.29 is 22.0 Å². The molecule has 1 saturated carbocycles. The smallest absolute Gasteiger partial charge is 0.248 e. The van der Waals surface area contributed by atoms with Crippen molar-refractivity contribution in [3.63, 3.8) is 0 Å². The van der Waals surface area contributed by atoms with Gasteiger partial charge in [0, 0.05) is 31.8 Å². The number of rotatable bonds is 2. The monoisotopic (exact) mass is 296 g/mol. The van der Waals surface area contributed by atoms with Crippen molar-refractivity contribution in [3.8, 4) is 0 Å². The number of carbonyl (C=O) groups is 1. The molecule has 1 atom stereocenters. The van der Waals surface area contributed by atoms with E-state index in [0.29, 0.717) is 13.0 Å². The van der Waals surface area contributed by atoms with E-state index in [0.717, 1.165) is 0 Å². The first kappa shape index (κ1) is 14.6. The van der Waals surface area contributed by atoms with E-state index in [2.05, 4.69) is 0 Å².